The van der Waals surface area contributed by atoms with Gasteiger partial charge >= 0.3 is 0 Å². The zero-order valence-electron chi connectivity index (χ0n) is 19.4. The lowest BCUT2D eigenvalue weighted by Gasteiger charge is -2.38. The van der Waals surface area contributed by atoms with Gasteiger partial charge in [-0.1, -0.05) is 17.7 Å². The monoisotopic (exact) mass is 509 g/mol. The standard InChI is InChI=1S/C23H28ClN3O6S/c1-16(27(34(3,29)30)18-5-7-20(31-2)19(24)13-18)23(28)26-10-8-25(9-11-26)14-17-4-6-21-22(12-17)33-15-32-21/h4-7,12-13,16H,8-11,14-15H2,1-3H3/t16-/m0/s1. The zero-order chi connectivity index (χ0) is 24.5. The van der Waals surface area contributed by atoms with Gasteiger partial charge in [0.2, 0.25) is 22.7 Å². The Balaban J connectivity index is 1.41. The van der Waals surface area contributed by atoms with E-state index in [2.05, 4.69) is 4.90 Å². The van der Waals surface area contributed by atoms with Crippen LogP contribution in [0.3, 0.4) is 0 Å². The van der Waals surface area contributed by atoms with Crippen LogP contribution < -0.4 is 18.5 Å². The predicted octanol–water partition coefficient (Wildman–Crippen LogP) is 2.58. The van der Waals surface area contributed by atoms with Gasteiger partial charge in [0, 0.05) is 32.7 Å². The summed E-state index contributed by atoms with van der Waals surface area (Å²) in [6.45, 7) is 4.95. The van der Waals surface area contributed by atoms with E-state index in [-0.39, 0.29) is 17.7 Å². The average molecular weight is 510 g/mol. The molecule has 2 aliphatic rings. The number of sulfonamides is 1. The van der Waals surface area contributed by atoms with Gasteiger partial charge in [0.25, 0.3) is 0 Å². The maximum Gasteiger partial charge on any atom is 0.246 e. The highest BCUT2D eigenvalue weighted by molar-refractivity contribution is 7.92. The van der Waals surface area contributed by atoms with E-state index >= 15 is 0 Å². The summed E-state index contributed by atoms with van der Waals surface area (Å²) in [7, 11) is -2.26. The van der Waals surface area contributed by atoms with E-state index in [1.807, 2.05) is 18.2 Å². The minimum Gasteiger partial charge on any atom is -0.495 e. The Morgan fingerprint density at radius 1 is 1.12 bits per heavy atom. The second kappa shape index (κ2) is 9.89. The van der Waals surface area contributed by atoms with Crippen molar-refractivity contribution < 1.29 is 27.4 Å². The molecule has 0 saturated carbocycles. The Bertz CT molecular complexity index is 1170. The van der Waals surface area contributed by atoms with Crippen LogP contribution in [0.25, 0.3) is 0 Å². The molecule has 2 aliphatic heterocycles. The quantitative estimate of drug-likeness (QED) is 0.566. The third-order valence-corrected chi connectivity index (χ3v) is 7.52. The van der Waals surface area contributed by atoms with E-state index < -0.39 is 16.1 Å². The van der Waals surface area contributed by atoms with E-state index in [0.717, 1.165) is 34.2 Å². The summed E-state index contributed by atoms with van der Waals surface area (Å²) in [5.74, 6) is 1.68. The molecule has 184 valence electrons. The molecular formula is C23H28ClN3O6S. The van der Waals surface area contributed by atoms with Gasteiger partial charge in [0.1, 0.15) is 11.8 Å². The average Bonchev–Trinajstić information content (AvgIpc) is 3.26. The Morgan fingerprint density at radius 2 is 1.82 bits per heavy atom. The molecule has 1 amide bonds. The molecule has 0 radical (unpaired) electrons. The highest BCUT2D eigenvalue weighted by atomic mass is 35.5. The van der Waals surface area contributed by atoms with Crippen molar-refractivity contribution in [3.05, 3.63) is 47.0 Å². The van der Waals surface area contributed by atoms with Gasteiger partial charge in [-0.2, -0.15) is 0 Å². The number of anilines is 1. The normalized spacial score (nSPS) is 16.9. The minimum absolute atomic E-state index is 0.241. The maximum atomic E-state index is 13.3. The molecule has 1 saturated heterocycles. The number of carbonyl (C=O) groups is 1. The Hall–Kier alpha value is -2.69. The van der Waals surface area contributed by atoms with Crippen LogP contribution in [-0.2, 0) is 21.4 Å². The van der Waals surface area contributed by atoms with Crippen LogP contribution >= 0.6 is 11.6 Å². The first-order valence-electron chi connectivity index (χ1n) is 10.9. The zero-order valence-corrected chi connectivity index (χ0v) is 20.9. The smallest absolute Gasteiger partial charge is 0.246 e. The Kier molecular flexibility index (Phi) is 7.11. The topological polar surface area (TPSA) is 88.6 Å². The van der Waals surface area contributed by atoms with Crippen molar-refractivity contribution in [2.24, 2.45) is 0 Å². The third-order valence-electron chi connectivity index (χ3n) is 5.98. The number of hydrogen-bond donors (Lipinski definition) is 0. The summed E-state index contributed by atoms with van der Waals surface area (Å²) in [6, 6.07) is 9.64. The summed E-state index contributed by atoms with van der Waals surface area (Å²) < 4.78 is 42.3. The first-order chi connectivity index (χ1) is 16.2. The van der Waals surface area contributed by atoms with Crippen molar-refractivity contribution >= 4 is 33.2 Å². The fourth-order valence-corrected chi connectivity index (χ4v) is 5.70. The molecule has 11 heteroatoms. The lowest BCUT2D eigenvalue weighted by molar-refractivity contribution is -0.133. The molecule has 34 heavy (non-hydrogen) atoms. The van der Waals surface area contributed by atoms with Gasteiger partial charge in [0.15, 0.2) is 11.5 Å². The van der Waals surface area contributed by atoms with Crippen molar-refractivity contribution in [1.82, 2.24) is 9.80 Å². The van der Waals surface area contributed by atoms with Gasteiger partial charge in [-0.25, -0.2) is 8.42 Å². The van der Waals surface area contributed by atoms with Gasteiger partial charge in [-0.3, -0.25) is 14.0 Å². The molecule has 0 aliphatic carbocycles. The van der Waals surface area contributed by atoms with Crippen LogP contribution in [0.5, 0.6) is 17.2 Å². The van der Waals surface area contributed by atoms with Gasteiger partial charge < -0.3 is 19.1 Å². The molecule has 2 heterocycles. The number of benzene rings is 2. The molecule has 0 aromatic heterocycles. The highest BCUT2D eigenvalue weighted by Gasteiger charge is 2.33. The first kappa shape index (κ1) is 24.4. The summed E-state index contributed by atoms with van der Waals surface area (Å²) in [5.41, 5.74) is 1.42. The van der Waals surface area contributed by atoms with Gasteiger partial charge in [-0.05, 0) is 42.8 Å². The molecule has 4 rings (SSSR count). The number of hydrogen-bond acceptors (Lipinski definition) is 7. The predicted molar refractivity (Wildman–Crippen MR) is 129 cm³/mol. The Labute approximate surface area is 204 Å². The number of piperazine rings is 1. The summed E-state index contributed by atoms with van der Waals surface area (Å²) in [6.07, 6.45) is 1.08. The number of nitrogens with zero attached hydrogens (tertiary/aromatic N) is 3. The maximum absolute atomic E-state index is 13.3. The second-order valence-electron chi connectivity index (χ2n) is 8.34. The summed E-state index contributed by atoms with van der Waals surface area (Å²) >= 11 is 6.21. The van der Waals surface area contributed by atoms with Crippen molar-refractivity contribution in [2.45, 2.75) is 19.5 Å². The molecule has 0 bridgehead atoms. The van der Waals surface area contributed by atoms with Crippen molar-refractivity contribution in [1.29, 1.82) is 0 Å². The SMILES string of the molecule is COc1ccc(N([C@@H](C)C(=O)N2CCN(Cc3ccc4c(c3)OCO4)CC2)S(C)(=O)=O)cc1Cl. The molecule has 0 N–H and O–H groups in total. The summed E-state index contributed by atoms with van der Waals surface area (Å²) in [4.78, 5) is 17.2. The van der Waals surface area contributed by atoms with Crippen molar-refractivity contribution in [3.8, 4) is 17.2 Å². The minimum atomic E-state index is -3.74. The lowest BCUT2D eigenvalue weighted by Crippen LogP contribution is -2.55. The largest absolute Gasteiger partial charge is 0.495 e. The van der Waals surface area contributed by atoms with E-state index in [1.54, 1.807) is 24.0 Å². The number of carbonyl (C=O) groups excluding carboxylic acids is 1. The third kappa shape index (κ3) is 5.18. The lowest BCUT2D eigenvalue weighted by atomic mass is 10.1. The van der Waals surface area contributed by atoms with E-state index in [0.29, 0.717) is 37.6 Å². The number of rotatable bonds is 7. The number of halogens is 1. The van der Waals surface area contributed by atoms with Crippen molar-refractivity contribution in [2.75, 3.05) is 50.6 Å². The van der Waals surface area contributed by atoms with Gasteiger partial charge in [-0.15, -0.1) is 0 Å². The first-order valence-corrected chi connectivity index (χ1v) is 13.1. The molecule has 9 nitrogen and oxygen atoms in total. The number of amides is 1. The van der Waals surface area contributed by atoms with Gasteiger partial charge in [0.05, 0.1) is 24.1 Å². The number of fused-ring (bicyclic) bond motifs is 1. The fourth-order valence-electron chi connectivity index (χ4n) is 4.28. The van der Waals surface area contributed by atoms with E-state index in [4.69, 9.17) is 25.8 Å². The van der Waals surface area contributed by atoms with Crippen LogP contribution in [-0.4, -0.2) is 76.5 Å². The van der Waals surface area contributed by atoms with E-state index in [9.17, 15) is 13.2 Å². The molecule has 1 atom stereocenters. The molecule has 0 spiro atoms. The number of methoxy groups -OCH3 is 1. The van der Waals surface area contributed by atoms with Crippen LogP contribution in [0.4, 0.5) is 5.69 Å². The van der Waals surface area contributed by atoms with Crippen LogP contribution in [0.15, 0.2) is 36.4 Å². The Morgan fingerprint density at radius 3 is 2.47 bits per heavy atom. The van der Waals surface area contributed by atoms with Crippen LogP contribution in [0.1, 0.15) is 12.5 Å². The van der Waals surface area contributed by atoms with Crippen LogP contribution in [0.2, 0.25) is 5.02 Å². The molecule has 1 fully saturated rings. The van der Waals surface area contributed by atoms with Crippen molar-refractivity contribution in [3.63, 3.8) is 0 Å². The molecule has 0 unspecified atom stereocenters. The number of ether oxygens (including phenoxy) is 3. The summed E-state index contributed by atoms with van der Waals surface area (Å²) in [5, 5.41) is 0.269. The second-order valence-corrected chi connectivity index (χ2v) is 10.6. The van der Waals surface area contributed by atoms with E-state index in [1.165, 1.54) is 13.2 Å². The molecule has 2 aromatic carbocycles. The fraction of sp³-hybridized carbons (Fsp3) is 0.435. The highest BCUT2D eigenvalue weighted by Crippen LogP contribution is 2.33. The molecular weight excluding hydrogens is 482 g/mol. The molecule has 2 aromatic rings. The van der Waals surface area contributed by atoms with Crippen LogP contribution in [0, 0.1) is 0 Å².